The zero-order valence-corrected chi connectivity index (χ0v) is 24.7. The molecule has 1 fully saturated rings. The molecular weight excluding hydrogens is 548 g/mol. The lowest BCUT2D eigenvalue weighted by Crippen LogP contribution is -2.45. The number of hydrogen-bond donors (Lipinski definition) is 0. The number of nitrogens with zero attached hydrogens (tertiary/aromatic N) is 4. The van der Waals surface area contributed by atoms with E-state index in [9.17, 15) is 4.79 Å². The molecule has 4 rings (SSSR count). The molecule has 0 radical (unpaired) electrons. The number of ether oxygens (including phenoxy) is 3. The normalized spacial score (nSPS) is 16.4. The van der Waals surface area contributed by atoms with Crippen LogP contribution in [0.1, 0.15) is 57.9 Å². The number of imidazole rings is 1. The van der Waals surface area contributed by atoms with Crippen molar-refractivity contribution in [1.29, 1.82) is 0 Å². The van der Waals surface area contributed by atoms with Crippen molar-refractivity contribution in [2.24, 2.45) is 0 Å². The van der Waals surface area contributed by atoms with Gasteiger partial charge < -0.3 is 19.1 Å². The molecule has 38 heavy (non-hydrogen) atoms. The van der Waals surface area contributed by atoms with Crippen molar-refractivity contribution >= 4 is 33.5 Å². The second-order valence-corrected chi connectivity index (χ2v) is 11.8. The molecule has 1 aromatic carbocycles. The minimum Gasteiger partial charge on any atom is -0.467 e. The second kappa shape index (κ2) is 11.2. The quantitative estimate of drug-likeness (QED) is 0.235. The van der Waals surface area contributed by atoms with Crippen LogP contribution in [0.15, 0.2) is 47.6 Å². The number of rotatable bonds is 8. The van der Waals surface area contributed by atoms with E-state index in [1.165, 1.54) is 7.11 Å². The molecule has 0 saturated carbocycles. The number of halogens is 1. The highest BCUT2D eigenvalue weighted by atomic mass is 79.9. The lowest BCUT2D eigenvalue weighted by atomic mass is 9.92. The van der Waals surface area contributed by atoms with Crippen molar-refractivity contribution in [3.63, 3.8) is 0 Å². The van der Waals surface area contributed by atoms with Gasteiger partial charge in [-0.1, -0.05) is 34.1 Å². The van der Waals surface area contributed by atoms with Gasteiger partial charge in [-0.05, 0) is 59.6 Å². The van der Waals surface area contributed by atoms with Crippen molar-refractivity contribution < 1.29 is 19.0 Å². The highest BCUT2D eigenvalue weighted by Crippen LogP contribution is 2.38. The van der Waals surface area contributed by atoms with E-state index in [0.29, 0.717) is 23.6 Å². The summed E-state index contributed by atoms with van der Waals surface area (Å²) < 4.78 is 20.6. The molecule has 9 heteroatoms. The summed E-state index contributed by atoms with van der Waals surface area (Å²) in [6, 6.07) is 8.00. The first-order valence-electron chi connectivity index (χ1n) is 12.9. The van der Waals surface area contributed by atoms with Crippen LogP contribution in [0.5, 0.6) is 0 Å². The monoisotopic (exact) mass is 584 g/mol. The van der Waals surface area contributed by atoms with Crippen LogP contribution in [-0.4, -0.2) is 58.3 Å². The van der Waals surface area contributed by atoms with E-state index in [1.807, 2.05) is 62.6 Å². The zero-order valence-electron chi connectivity index (χ0n) is 23.1. The summed E-state index contributed by atoms with van der Waals surface area (Å²) in [7, 11) is 1.38. The number of piperidine rings is 1. The minimum atomic E-state index is -0.950. The Morgan fingerprint density at radius 1 is 1.26 bits per heavy atom. The lowest BCUT2D eigenvalue weighted by molar-refractivity contribution is -0.164. The Morgan fingerprint density at radius 2 is 1.97 bits per heavy atom. The van der Waals surface area contributed by atoms with E-state index < -0.39 is 17.7 Å². The minimum absolute atomic E-state index is 0.244. The molecule has 1 saturated heterocycles. The zero-order chi connectivity index (χ0) is 27.7. The maximum atomic E-state index is 13.1. The van der Waals surface area contributed by atoms with Crippen LogP contribution in [0.2, 0.25) is 0 Å². The number of methoxy groups -OCH3 is 1. The van der Waals surface area contributed by atoms with Gasteiger partial charge in [0, 0.05) is 29.3 Å². The number of carbonyl (C=O) groups is 1. The highest BCUT2D eigenvalue weighted by Gasteiger charge is 2.38. The van der Waals surface area contributed by atoms with E-state index in [2.05, 4.69) is 34.3 Å². The summed E-state index contributed by atoms with van der Waals surface area (Å²) in [4.78, 5) is 25.1. The standard InChI is InChI=1S/C29H37BrN4O4/c1-8-16-37-29(6)12-14-33(15-13-29)25-23(24(26(35)36-7)38-28(3,4)5)19(2)31-27-32-22(18-34(25)27)20-10-9-11-21(30)17-20/h8-11,17-18,24H,1,12-16H2,2-7H3/t24-/m0/s1. The van der Waals surface area contributed by atoms with E-state index in [0.717, 1.165) is 47.5 Å². The van der Waals surface area contributed by atoms with Crippen LogP contribution in [0, 0.1) is 6.92 Å². The van der Waals surface area contributed by atoms with Crippen molar-refractivity contribution in [2.75, 3.05) is 31.7 Å². The van der Waals surface area contributed by atoms with Gasteiger partial charge in [0.05, 0.1) is 41.9 Å². The van der Waals surface area contributed by atoms with E-state index in [4.69, 9.17) is 24.2 Å². The molecule has 3 aromatic rings. The van der Waals surface area contributed by atoms with E-state index in [1.54, 1.807) is 6.08 Å². The summed E-state index contributed by atoms with van der Waals surface area (Å²) in [5, 5.41) is 0. The molecule has 2 aromatic heterocycles. The Balaban J connectivity index is 1.89. The van der Waals surface area contributed by atoms with Crippen LogP contribution in [0.25, 0.3) is 17.0 Å². The fourth-order valence-corrected chi connectivity index (χ4v) is 5.20. The van der Waals surface area contributed by atoms with Gasteiger partial charge in [-0.2, -0.15) is 0 Å². The van der Waals surface area contributed by atoms with Crippen LogP contribution >= 0.6 is 15.9 Å². The van der Waals surface area contributed by atoms with Gasteiger partial charge in [-0.3, -0.25) is 4.40 Å². The number of anilines is 1. The predicted octanol–water partition coefficient (Wildman–Crippen LogP) is 6.06. The Labute approximate surface area is 233 Å². The summed E-state index contributed by atoms with van der Waals surface area (Å²) in [6.07, 6.45) is 4.45. The molecule has 1 atom stereocenters. The Hall–Kier alpha value is -2.75. The molecule has 0 N–H and O–H groups in total. The second-order valence-electron chi connectivity index (χ2n) is 10.9. The summed E-state index contributed by atoms with van der Waals surface area (Å²) in [5.41, 5.74) is 2.29. The van der Waals surface area contributed by atoms with E-state index >= 15 is 0 Å². The molecular formula is C29H37BrN4O4. The number of aryl methyl sites for hydroxylation is 1. The molecule has 0 amide bonds. The van der Waals surface area contributed by atoms with Crippen molar-refractivity contribution in [1.82, 2.24) is 14.4 Å². The van der Waals surface area contributed by atoms with Gasteiger partial charge in [0.15, 0.2) is 6.10 Å². The molecule has 8 nitrogen and oxygen atoms in total. The highest BCUT2D eigenvalue weighted by molar-refractivity contribution is 9.10. The van der Waals surface area contributed by atoms with E-state index in [-0.39, 0.29) is 5.60 Å². The van der Waals surface area contributed by atoms with Gasteiger partial charge in [-0.15, -0.1) is 6.58 Å². The average Bonchev–Trinajstić information content (AvgIpc) is 3.29. The molecule has 1 aliphatic heterocycles. The topological polar surface area (TPSA) is 78.2 Å². The molecule has 0 aliphatic carbocycles. The first-order valence-corrected chi connectivity index (χ1v) is 13.6. The number of esters is 1. The molecule has 0 bridgehead atoms. The Kier molecular flexibility index (Phi) is 8.30. The van der Waals surface area contributed by atoms with Crippen LogP contribution < -0.4 is 4.90 Å². The number of aromatic nitrogens is 3. The maximum Gasteiger partial charge on any atom is 0.339 e. The third-order valence-electron chi connectivity index (χ3n) is 6.75. The van der Waals surface area contributed by atoms with Crippen LogP contribution in [-0.2, 0) is 19.0 Å². The molecule has 0 unspecified atom stereocenters. The molecule has 0 spiro atoms. The Morgan fingerprint density at radius 3 is 2.58 bits per heavy atom. The molecule has 3 heterocycles. The molecule has 1 aliphatic rings. The number of fused-ring (bicyclic) bond motifs is 1. The lowest BCUT2D eigenvalue weighted by Gasteiger charge is -2.41. The van der Waals surface area contributed by atoms with Gasteiger partial charge in [0.2, 0.25) is 5.78 Å². The summed E-state index contributed by atoms with van der Waals surface area (Å²) >= 11 is 3.56. The smallest absolute Gasteiger partial charge is 0.339 e. The van der Waals surface area contributed by atoms with Gasteiger partial charge >= 0.3 is 5.97 Å². The Bertz CT molecular complexity index is 1320. The summed E-state index contributed by atoms with van der Waals surface area (Å²) in [5.74, 6) is 0.937. The van der Waals surface area contributed by atoms with Crippen molar-refractivity contribution in [3.05, 3.63) is 58.8 Å². The molecule has 204 valence electrons. The fourth-order valence-electron chi connectivity index (χ4n) is 4.81. The van der Waals surface area contributed by atoms with Crippen molar-refractivity contribution in [3.8, 4) is 11.3 Å². The fraction of sp³-hybridized carbons (Fsp3) is 0.483. The van der Waals surface area contributed by atoms with Gasteiger partial charge in [0.25, 0.3) is 0 Å². The van der Waals surface area contributed by atoms with Gasteiger partial charge in [-0.25, -0.2) is 14.8 Å². The van der Waals surface area contributed by atoms with Crippen LogP contribution in [0.4, 0.5) is 5.82 Å². The number of hydrogen-bond acceptors (Lipinski definition) is 7. The van der Waals surface area contributed by atoms with Crippen LogP contribution in [0.3, 0.4) is 0 Å². The third-order valence-corrected chi connectivity index (χ3v) is 7.25. The van der Waals surface area contributed by atoms with Crippen molar-refractivity contribution in [2.45, 2.75) is 64.8 Å². The maximum absolute atomic E-state index is 13.1. The predicted molar refractivity (Wildman–Crippen MR) is 152 cm³/mol. The van der Waals surface area contributed by atoms with Gasteiger partial charge in [0.1, 0.15) is 5.82 Å². The average molecular weight is 586 g/mol. The third kappa shape index (κ3) is 6.11. The SMILES string of the molecule is C=CCOC1(C)CCN(c2c([C@H](OC(C)(C)C)C(=O)OC)c(C)nc3nc(-c4cccc(Br)c4)cn23)CC1. The number of benzene rings is 1. The first-order chi connectivity index (χ1) is 17.9. The first kappa shape index (κ1) is 28.3. The number of carbonyl (C=O) groups excluding carboxylic acids is 1. The largest absolute Gasteiger partial charge is 0.467 e. The summed E-state index contributed by atoms with van der Waals surface area (Å²) in [6.45, 7) is 15.6.